The first-order valence-corrected chi connectivity index (χ1v) is 11.1. The first-order chi connectivity index (χ1) is 16.5. The summed E-state index contributed by atoms with van der Waals surface area (Å²) in [6.07, 6.45) is 2.07. The second kappa shape index (κ2) is 8.97. The summed E-state index contributed by atoms with van der Waals surface area (Å²) < 4.78 is 10.7. The lowest BCUT2D eigenvalue weighted by Crippen LogP contribution is -2.28. The van der Waals surface area contributed by atoms with Crippen molar-refractivity contribution in [2.24, 2.45) is 5.92 Å². The second-order valence-corrected chi connectivity index (χ2v) is 8.49. The number of carbonyl (C=O) groups is 2. The van der Waals surface area contributed by atoms with E-state index >= 15 is 0 Å². The number of para-hydroxylation sites is 1. The van der Waals surface area contributed by atoms with Crippen LogP contribution in [0, 0.1) is 19.8 Å². The average molecular weight is 457 g/mol. The van der Waals surface area contributed by atoms with E-state index in [4.69, 9.17) is 8.94 Å². The molecule has 2 aromatic carbocycles. The number of anilines is 2. The van der Waals surface area contributed by atoms with Gasteiger partial charge in [-0.1, -0.05) is 29.4 Å². The normalized spacial score (nSPS) is 15.6. The van der Waals surface area contributed by atoms with Gasteiger partial charge in [0.25, 0.3) is 0 Å². The van der Waals surface area contributed by atoms with Crippen LogP contribution in [0.5, 0.6) is 0 Å². The maximum Gasteiger partial charge on any atom is 0.238 e. The van der Waals surface area contributed by atoms with E-state index in [2.05, 4.69) is 15.5 Å². The minimum absolute atomic E-state index is 0.0481. The van der Waals surface area contributed by atoms with Crippen LogP contribution in [-0.2, 0) is 16.0 Å². The van der Waals surface area contributed by atoms with Crippen molar-refractivity contribution in [2.45, 2.75) is 26.7 Å². The van der Waals surface area contributed by atoms with Gasteiger partial charge in [0.1, 0.15) is 0 Å². The van der Waals surface area contributed by atoms with Crippen LogP contribution in [0.1, 0.15) is 29.0 Å². The summed E-state index contributed by atoms with van der Waals surface area (Å²) in [6, 6.07) is 16.9. The number of benzene rings is 2. The molecule has 4 aromatic rings. The zero-order valence-corrected chi connectivity index (χ0v) is 18.9. The minimum Gasteiger partial charge on any atom is -0.461 e. The van der Waals surface area contributed by atoms with Crippen molar-refractivity contribution in [1.29, 1.82) is 0 Å². The van der Waals surface area contributed by atoms with Gasteiger partial charge >= 0.3 is 0 Å². The number of carbonyl (C=O) groups excluding carboxylic acids is 2. The maximum atomic E-state index is 13.1. The molecule has 34 heavy (non-hydrogen) atoms. The maximum absolute atomic E-state index is 13.1. The molecule has 8 nitrogen and oxygen atoms in total. The predicted molar refractivity (Wildman–Crippen MR) is 126 cm³/mol. The summed E-state index contributed by atoms with van der Waals surface area (Å²) >= 11 is 0. The van der Waals surface area contributed by atoms with Crippen molar-refractivity contribution in [3.05, 3.63) is 83.4 Å². The number of aromatic nitrogens is 2. The number of hydrogen-bond acceptors (Lipinski definition) is 6. The van der Waals surface area contributed by atoms with E-state index < -0.39 is 5.92 Å². The van der Waals surface area contributed by atoms with Crippen LogP contribution in [0.15, 0.2) is 69.8 Å². The fraction of sp³-hybridized carbons (Fsp3) is 0.231. The van der Waals surface area contributed by atoms with E-state index in [0.29, 0.717) is 36.1 Å². The van der Waals surface area contributed by atoms with Gasteiger partial charge in [0, 0.05) is 24.3 Å². The van der Waals surface area contributed by atoms with Crippen molar-refractivity contribution in [1.82, 2.24) is 10.1 Å². The van der Waals surface area contributed by atoms with Crippen LogP contribution in [0.2, 0.25) is 0 Å². The molecule has 1 atom stereocenters. The third kappa shape index (κ3) is 4.34. The zero-order valence-electron chi connectivity index (χ0n) is 18.9. The third-order valence-electron chi connectivity index (χ3n) is 6.12. The fourth-order valence-corrected chi connectivity index (χ4v) is 4.05. The van der Waals surface area contributed by atoms with Gasteiger partial charge in [0.15, 0.2) is 5.76 Å². The van der Waals surface area contributed by atoms with E-state index in [0.717, 1.165) is 16.8 Å². The van der Waals surface area contributed by atoms with E-state index in [9.17, 15) is 9.59 Å². The Morgan fingerprint density at radius 2 is 1.97 bits per heavy atom. The van der Waals surface area contributed by atoms with Gasteiger partial charge in [-0.2, -0.15) is 4.98 Å². The quantitative estimate of drug-likeness (QED) is 0.457. The Kier molecular flexibility index (Phi) is 5.71. The summed E-state index contributed by atoms with van der Waals surface area (Å²) in [5, 5.41) is 6.95. The summed E-state index contributed by atoms with van der Waals surface area (Å²) in [5.74, 6) is 0.636. The van der Waals surface area contributed by atoms with E-state index in [1.807, 2.05) is 56.3 Å². The Morgan fingerprint density at radius 1 is 1.12 bits per heavy atom. The molecular formula is C26H24N4O4. The molecule has 1 aliphatic rings. The topological polar surface area (TPSA) is 101 Å². The van der Waals surface area contributed by atoms with E-state index in [-0.39, 0.29) is 18.2 Å². The van der Waals surface area contributed by atoms with Crippen molar-refractivity contribution in [2.75, 3.05) is 16.8 Å². The molecule has 5 rings (SSSR count). The number of nitrogens with zero attached hydrogens (tertiary/aromatic N) is 3. The van der Waals surface area contributed by atoms with Crippen molar-refractivity contribution in [3.8, 4) is 11.6 Å². The Hall–Kier alpha value is -4.20. The highest BCUT2D eigenvalue weighted by molar-refractivity contribution is 6.03. The number of aryl methyl sites for hydroxylation is 2. The van der Waals surface area contributed by atoms with Gasteiger partial charge in [-0.3, -0.25) is 9.59 Å². The van der Waals surface area contributed by atoms with Crippen molar-refractivity contribution >= 4 is 23.2 Å². The standard InChI is InChI=1S/C26H24N4O4/c1-16-9-10-20(12-17(16)2)30-15-19(14-24(30)31)26(32)27-21-7-4-3-6-18(21)13-23-28-25(29-34-23)22-8-5-11-33-22/h3-12,19H,13-15H2,1-2H3,(H,27,32). The van der Waals surface area contributed by atoms with Gasteiger partial charge < -0.3 is 19.2 Å². The molecule has 8 heteroatoms. The molecule has 2 aromatic heterocycles. The highest BCUT2D eigenvalue weighted by Crippen LogP contribution is 2.28. The molecule has 1 saturated heterocycles. The van der Waals surface area contributed by atoms with Gasteiger partial charge in [-0.05, 0) is 60.9 Å². The highest BCUT2D eigenvalue weighted by atomic mass is 16.5. The Bertz CT molecular complexity index is 1340. The summed E-state index contributed by atoms with van der Waals surface area (Å²) in [5.41, 5.74) is 4.60. The Balaban J connectivity index is 1.28. The number of nitrogens with one attached hydrogen (secondary N) is 1. The lowest BCUT2D eigenvalue weighted by atomic mass is 10.1. The van der Waals surface area contributed by atoms with Crippen LogP contribution in [0.25, 0.3) is 11.6 Å². The molecule has 2 amide bonds. The molecule has 1 N–H and O–H groups in total. The van der Waals surface area contributed by atoms with Crippen molar-refractivity contribution in [3.63, 3.8) is 0 Å². The molecule has 0 bridgehead atoms. The average Bonchev–Trinajstić information content (AvgIpc) is 3.58. The first-order valence-electron chi connectivity index (χ1n) is 11.1. The SMILES string of the molecule is Cc1ccc(N2CC(C(=O)Nc3ccccc3Cc3nc(-c4ccco4)no3)CC2=O)cc1C. The van der Waals surface area contributed by atoms with E-state index in [1.165, 1.54) is 5.56 Å². The largest absolute Gasteiger partial charge is 0.461 e. The fourth-order valence-electron chi connectivity index (χ4n) is 4.05. The Morgan fingerprint density at radius 3 is 2.76 bits per heavy atom. The van der Waals surface area contributed by atoms with Crippen LogP contribution in [0.4, 0.5) is 11.4 Å². The van der Waals surface area contributed by atoms with Crippen LogP contribution < -0.4 is 10.2 Å². The van der Waals surface area contributed by atoms with Gasteiger partial charge in [0.05, 0.1) is 18.6 Å². The van der Waals surface area contributed by atoms with E-state index in [1.54, 1.807) is 23.3 Å². The Labute approximate surface area is 196 Å². The van der Waals surface area contributed by atoms with Gasteiger partial charge in [-0.15, -0.1) is 0 Å². The molecule has 1 fully saturated rings. The van der Waals surface area contributed by atoms with Crippen LogP contribution in [-0.4, -0.2) is 28.5 Å². The van der Waals surface area contributed by atoms with Gasteiger partial charge in [0.2, 0.25) is 23.5 Å². The smallest absolute Gasteiger partial charge is 0.238 e. The molecule has 172 valence electrons. The zero-order chi connectivity index (χ0) is 23.7. The number of hydrogen-bond donors (Lipinski definition) is 1. The number of furan rings is 1. The van der Waals surface area contributed by atoms with Crippen LogP contribution >= 0.6 is 0 Å². The van der Waals surface area contributed by atoms with Gasteiger partial charge in [-0.25, -0.2) is 0 Å². The monoisotopic (exact) mass is 456 g/mol. The predicted octanol–water partition coefficient (Wildman–Crippen LogP) is 4.53. The van der Waals surface area contributed by atoms with Crippen molar-refractivity contribution < 1.29 is 18.5 Å². The lowest BCUT2D eigenvalue weighted by Gasteiger charge is -2.18. The lowest BCUT2D eigenvalue weighted by molar-refractivity contribution is -0.122. The highest BCUT2D eigenvalue weighted by Gasteiger charge is 2.35. The van der Waals surface area contributed by atoms with Crippen LogP contribution in [0.3, 0.4) is 0 Å². The minimum atomic E-state index is -0.434. The third-order valence-corrected chi connectivity index (χ3v) is 6.12. The first kappa shape index (κ1) is 21.6. The molecular weight excluding hydrogens is 432 g/mol. The molecule has 0 saturated carbocycles. The number of amides is 2. The molecule has 0 aliphatic carbocycles. The molecule has 1 unspecified atom stereocenters. The summed E-state index contributed by atoms with van der Waals surface area (Å²) in [7, 11) is 0. The number of rotatable bonds is 6. The second-order valence-electron chi connectivity index (χ2n) is 8.49. The molecule has 0 radical (unpaired) electrons. The molecule has 3 heterocycles. The molecule has 0 spiro atoms. The summed E-state index contributed by atoms with van der Waals surface area (Å²) in [4.78, 5) is 31.8. The molecule has 1 aliphatic heterocycles. The summed E-state index contributed by atoms with van der Waals surface area (Å²) in [6.45, 7) is 4.40.